The number of piperidine rings is 1. The van der Waals surface area contributed by atoms with Gasteiger partial charge >= 0.3 is 0 Å². The van der Waals surface area contributed by atoms with Gasteiger partial charge in [-0.25, -0.2) is 4.98 Å². The van der Waals surface area contributed by atoms with E-state index in [9.17, 15) is 0 Å². The summed E-state index contributed by atoms with van der Waals surface area (Å²) in [5.41, 5.74) is 9.44. The molecule has 5 heteroatoms. The molecule has 4 aromatic rings. The molecule has 0 spiro atoms. The fourth-order valence-corrected chi connectivity index (χ4v) is 5.80. The molecular weight excluding hydrogens is 410 g/mol. The van der Waals surface area contributed by atoms with Gasteiger partial charge in [-0.3, -0.25) is 4.90 Å². The highest BCUT2D eigenvalue weighted by Gasteiger charge is 2.30. The van der Waals surface area contributed by atoms with E-state index in [0.717, 1.165) is 29.9 Å². The second-order valence-electron chi connectivity index (χ2n) is 10.2. The molecule has 2 saturated heterocycles. The number of hydrogen-bond donors (Lipinski definition) is 1. The third-order valence-corrected chi connectivity index (χ3v) is 7.65. The van der Waals surface area contributed by atoms with E-state index in [-0.39, 0.29) is 0 Å². The first-order valence-corrected chi connectivity index (χ1v) is 12.3. The number of oxazole rings is 1. The number of aromatic amines is 1. The van der Waals surface area contributed by atoms with Crippen molar-refractivity contribution in [1.82, 2.24) is 14.9 Å². The zero-order valence-corrected chi connectivity index (χ0v) is 20.1. The first-order chi connectivity index (χ1) is 16.0. The molecule has 0 unspecified atom stereocenters. The molecule has 33 heavy (non-hydrogen) atoms. The Labute approximate surface area is 195 Å². The number of aryl methyl sites for hydroxylation is 2. The van der Waals surface area contributed by atoms with Crippen LogP contribution in [0.5, 0.6) is 0 Å². The summed E-state index contributed by atoms with van der Waals surface area (Å²) in [7, 11) is 0. The molecule has 2 fully saturated rings. The van der Waals surface area contributed by atoms with Crippen LogP contribution in [0.4, 0.5) is 0 Å². The SMILES string of the molecule is Cc1nc2cc(-c3[nH]c4ccc(C5CCN(C6COC6)CC5)cc4c3C(C)C)cc(C)c2o1. The van der Waals surface area contributed by atoms with Crippen molar-refractivity contribution in [3.8, 4) is 11.3 Å². The minimum Gasteiger partial charge on any atom is -0.441 e. The lowest BCUT2D eigenvalue weighted by Gasteiger charge is -2.41. The van der Waals surface area contributed by atoms with Gasteiger partial charge in [-0.2, -0.15) is 0 Å². The monoisotopic (exact) mass is 443 g/mol. The highest BCUT2D eigenvalue weighted by atomic mass is 16.5. The number of fused-ring (bicyclic) bond motifs is 2. The molecule has 2 aromatic carbocycles. The van der Waals surface area contributed by atoms with Gasteiger partial charge in [0.15, 0.2) is 11.5 Å². The van der Waals surface area contributed by atoms with Crippen LogP contribution >= 0.6 is 0 Å². The third-order valence-electron chi connectivity index (χ3n) is 7.65. The summed E-state index contributed by atoms with van der Waals surface area (Å²) in [6, 6.07) is 12.1. The lowest BCUT2D eigenvalue weighted by molar-refractivity contribution is -0.0712. The Morgan fingerprint density at radius 1 is 1.06 bits per heavy atom. The second-order valence-corrected chi connectivity index (χ2v) is 10.2. The minimum atomic E-state index is 0.416. The number of nitrogens with one attached hydrogen (secondary N) is 1. The van der Waals surface area contributed by atoms with Gasteiger partial charge in [0.05, 0.1) is 24.9 Å². The summed E-state index contributed by atoms with van der Waals surface area (Å²) in [5, 5.41) is 1.36. The molecule has 0 saturated carbocycles. The molecule has 4 heterocycles. The second kappa shape index (κ2) is 8.00. The van der Waals surface area contributed by atoms with Gasteiger partial charge in [0.1, 0.15) is 5.52 Å². The zero-order chi connectivity index (χ0) is 22.7. The van der Waals surface area contributed by atoms with Crippen LogP contribution in [-0.4, -0.2) is 47.2 Å². The zero-order valence-electron chi connectivity index (χ0n) is 20.1. The Morgan fingerprint density at radius 3 is 2.55 bits per heavy atom. The van der Waals surface area contributed by atoms with E-state index in [0.29, 0.717) is 23.8 Å². The highest BCUT2D eigenvalue weighted by Crippen LogP contribution is 2.39. The van der Waals surface area contributed by atoms with Gasteiger partial charge in [-0.15, -0.1) is 0 Å². The van der Waals surface area contributed by atoms with E-state index in [1.807, 2.05) is 6.92 Å². The van der Waals surface area contributed by atoms with Crippen molar-refractivity contribution in [2.45, 2.75) is 58.4 Å². The molecular formula is C28H33N3O2. The van der Waals surface area contributed by atoms with Crippen molar-refractivity contribution < 1.29 is 9.15 Å². The fourth-order valence-electron chi connectivity index (χ4n) is 5.80. The van der Waals surface area contributed by atoms with Crippen LogP contribution in [0, 0.1) is 13.8 Å². The molecule has 0 bridgehead atoms. The average Bonchev–Trinajstić information content (AvgIpc) is 3.33. The van der Waals surface area contributed by atoms with Crippen molar-refractivity contribution in [2.75, 3.05) is 26.3 Å². The highest BCUT2D eigenvalue weighted by molar-refractivity contribution is 5.94. The molecule has 1 N–H and O–H groups in total. The van der Waals surface area contributed by atoms with Crippen molar-refractivity contribution in [3.63, 3.8) is 0 Å². The standard InChI is InChI=1S/C28H33N3O2/c1-16(2)26-23-12-20(19-7-9-31(10-8-19)22-14-32-15-22)5-6-24(23)30-27(26)21-11-17(3)28-25(13-21)29-18(4)33-28/h5-6,11-13,16,19,22,30H,7-10,14-15H2,1-4H3. The molecule has 2 aromatic heterocycles. The van der Waals surface area contributed by atoms with E-state index < -0.39 is 0 Å². The smallest absolute Gasteiger partial charge is 0.192 e. The maximum Gasteiger partial charge on any atom is 0.192 e. The Balaban J connectivity index is 1.37. The van der Waals surface area contributed by atoms with Crippen LogP contribution in [0.15, 0.2) is 34.7 Å². The lowest BCUT2D eigenvalue weighted by Crippen LogP contribution is -2.51. The van der Waals surface area contributed by atoms with E-state index in [2.05, 4.69) is 66.0 Å². The lowest BCUT2D eigenvalue weighted by atomic mass is 9.87. The topological polar surface area (TPSA) is 54.3 Å². The van der Waals surface area contributed by atoms with Crippen molar-refractivity contribution in [1.29, 1.82) is 0 Å². The summed E-state index contributed by atoms with van der Waals surface area (Å²) in [4.78, 5) is 11.0. The fraction of sp³-hybridized carbons (Fsp3) is 0.464. The normalized spacial score (nSPS) is 18.6. The number of nitrogens with zero attached hydrogens (tertiary/aromatic N) is 2. The molecule has 172 valence electrons. The predicted molar refractivity (Wildman–Crippen MR) is 133 cm³/mol. The van der Waals surface area contributed by atoms with Crippen molar-refractivity contribution in [2.24, 2.45) is 0 Å². The molecule has 0 atom stereocenters. The number of H-pyrrole nitrogens is 1. The van der Waals surface area contributed by atoms with Crippen LogP contribution in [-0.2, 0) is 4.74 Å². The Bertz CT molecular complexity index is 1320. The van der Waals surface area contributed by atoms with Gasteiger partial charge in [0, 0.05) is 23.4 Å². The largest absolute Gasteiger partial charge is 0.441 e. The number of ether oxygens (including phenoxy) is 1. The van der Waals surface area contributed by atoms with Crippen molar-refractivity contribution >= 4 is 22.0 Å². The number of likely N-dealkylation sites (tertiary alicyclic amines) is 1. The summed E-state index contributed by atoms with van der Waals surface area (Å²) in [5.74, 6) is 1.77. The summed E-state index contributed by atoms with van der Waals surface area (Å²) in [6.07, 6.45) is 2.47. The molecule has 5 nitrogen and oxygen atoms in total. The Kier molecular flexibility index (Phi) is 5.07. The quantitative estimate of drug-likeness (QED) is 0.402. The first-order valence-electron chi connectivity index (χ1n) is 12.3. The molecule has 0 radical (unpaired) electrons. The summed E-state index contributed by atoms with van der Waals surface area (Å²) in [6.45, 7) is 12.8. The van der Waals surface area contributed by atoms with E-state index >= 15 is 0 Å². The van der Waals surface area contributed by atoms with Crippen molar-refractivity contribution in [3.05, 3.63) is 52.9 Å². The molecule has 6 rings (SSSR count). The van der Waals surface area contributed by atoms with Crippen LogP contribution in [0.25, 0.3) is 33.3 Å². The van der Waals surface area contributed by atoms with Gasteiger partial charge in [0.25, 0.3) is 0 Å². The van der Waals surface area contributed by atoms with Crippen LogP contribution < -0.4 is 0 Å². The molecule has 2 aliphatic heterocycles. The minimum absolute atomic E-state index is 0.416. The van der Waals surface area contributed by atoms with Crippen LogP contribution in [0.1, 0.15) is 61.1 Å². The average molecular weight is 444 g/mol. The summed E-state index contributed by atoms with van der Waals surface area (Å²) < 4.78 is 11.2. The first kappa shape index (κ1) is 20.9. The third kappa shape index (κ3) is 3.58. The van der Waals surface area contributed by atoms with Gasteiger partial charge < -0.3 is 14.1 Å². The van der Waals surface area contributed by atoms with E-state index in [4.69, 9.17) is 9.15 Å². The van der Waals surface area contributed by atoms with Crippen LogP contribution in [0.3, 0.4) is 0 Å². The molecule has 0 amide bonds. The number of hydrogen-bond acceptors (Lipinski definition) is 4. The van der Waals surface area contributed by atoms with E-state index in [1.54, 1.807) is 0 Å². The number of rotatable bonds is 4. The number of aromatic nitrogens is 2. The molecule has 0 aliphatic carbocycles. The summed E-state index contributed by atoms with van der Waals surface area (Å²) >= 11 is 0. The van der Waals surface area contributed by atoms with Crippen LogP contribution in [0.2, 0.25) is 0 Å². The van der Waals surface area contributed by atoms with E-state index in [1.165, 1.54) is 59.2 Å². The molecule has 2 aliphatic rings. The predicted octanol–water partition coefficient (Wildman–Crippen LogP) is 6.29. The van der Waals surface area contributed by atoms with Gasteiger partial charge in [-0.1, -0.05) is 19.9 Å². The van der Waals surface area contributed by atoms with Gasteiger partial charge in [-0.05, 0) is 85.6 Å². The number of benzene rings is 2. The Morgan fingerprint density at radius 2 is 1.85 bits per heavy atom. The maximum absolute atomic E-state index is 5.81. The van der Waals surface area contributed by atoms with Gasteiger partial charge in [0.2, 0.25) is 0 Å². The maximum atomic E-state index is 5.81. The Hall–Kier alpha value is -2.63.